The van der Waals surface area contributed by atoms with E-state index in [2.05, 4.69) is 25.1 Å². The van der Waals surface area contributed by atoms with Gasteiger partial charge in [0, 0.05) is 12.1 Å². The number of methoxy groups -OCH3 is 1. The molecule has 8 nitrogen and oxygen atoms in total. The van der Waals surface area contributed by atoms with E-state index in [1.54, 1.807) is 19.2 Å². The van der Waals surface area contributed by atoms with Crippen molar-refractivity contribution in [1.82, 2.24) is 4.98 Å². The predicted octanol–water partition coefficient (Wildman–Crippen LogP) is 2.82. The standard InChI is InChI=1S/C25H33N3O5/c1-28(2,15-7-6-9-19-8-4-5-10-23(19)32-3)17-21(29)18-33-24-13-11-20(12-14-25(30)31)27-22(24)16-26/h4-5,8,10-11,13,21,29H,6-7,9,12,14-15,17-18H2,1-3H3/p+1/t21-/m1/s1. The number of hydrogen-bond donors (Lipinski definition) is 2. The van der Waals surface area contributed by atoms with E-state index >= 15 is 0 Å². The summed E-state index contributed by atoms with van der Waals surface area (Å²) in [5.74, 6) is 0.289. The van der Waals surface area contributed by atoms with Gasteiger partial charge in [0.25, 0.3) is 0 Å². The zero-order valence-electron chi connectivity index (χ0n) is 19.7. The molecule has 0 aliphatic rings. The van der Waals surface area contributed by atoms with E-state index in [1.165, 1.54) is 5.56 Å². The average molecular weight is 457 g/mol. The molecule has 0 saturated heterocycles. The first-order valence-electron chi connectivity index (χ1n) is 11.1. The summed E-state index contributed by atoms with van der Waals surface area (Å²) in [6, 6.07) is 13.3. The molecule has 1 atom stereocenters. The monoisotopic (exact) mass is 456 g/mol. The van der Waals surface area contributed by atoms with E-state index in [4.69, 9.17) is 14.6 Å². The number of aliphatic hydroxyl groups excluding tert-OH is 1. The van der Waals surface area contributed by atoms with E-state index in [9.17, 15) is 15.2 Å². The van der Waals surface area contributed by atoms with Crippen LogP contribution in [-0.4, -0.2) is 72.7 Å². The van der Waals surface area contributed by atoms with Crippen LogP contribution >= 0.6 is 0 Å². The molecule has 0 aliphatic heterocycles. The molecule has 1 aromatic carbocycles. The average Bonchev–Trinajstić information content (AvgIpc) is 2.79. The van der Waals surface area contributed by atoms with Gasteiger partial charge >= 0.3 is 5.97 Å². The molecule has 2 N–H and O–H groups in total. The Hall–Kier alpha value is -3.15. The molecule has 178 valence electrons. The molecule has 0 fully saturated rings. The summed E-state index contributed by atoms with van der Waals surface area (Å²) < 4.78 is 11.7. The van der Waals surface area contributed by atoms with Crippen LogP contribution in [0.15, 0.2) is 36.4 Å². The minimum Gasteiger partial charge on any atom is -0.496 e. The first kappa shape index (κ1) is 26.1. The second kappa shape index (κ2) is 12.8. The summed E-state index contributed by atoms with van der Waals surface area (Å²) in [6.45, 7) is 1.48. The first-order chi connectivity index (χ1) is 15.7. The van der Waals surface area contributed by atoms with Crippen molar-refractivity contribution in [1.29, 1.82) is 5.26 Å². The van der Waals surface area contributed by atoms with Crippen LogP contribution in [0.25, 0.3) is 0 Å². The van der Waals surface area contributed by atoms with Crippen LogP contribution in [0, 0.1) is 11.3 Å². The van der Waals surface area contributed by atoms with Crippen molar-refractivity contribution < 1.29 is 29.0 Å². The highest BCUT2D eigenvalue weighted by Gasteiger charge is 2.21. The zero-order chi connectivity index (χ0) is 24.3. The van der Waals surface area contributed by atoms with Gasteiger partial charge in [0.05, 0.1) is 34.2 Å². The van der Waals surface area contributed by atoms with Crippen LogP contribution in [0.1, 0.15) is 36.2 Å². The number of para-hydroxylation sites is 1. The molecule has 33 heavy (non-hydrogen) atoms. The van der Waals surface area contributed by atoms with Crippen molar-refractivity contribution in [2.24, 2.45) is 0 Å². The Morgan fingerprint density at radius 2 is 1.91 bits per heavy atom. The van der Waals surface area contributed by atoms with Crippen molar-refractivity contribution >= 4 is 5.97 Å². The number of aliphatic carboxylic acids is 1. The van der Waals surface area contributed by atoms with Crippen molar-refractivity contribution in [2.75, 3.05) is 40.9 Å². The molecule has 0 amide bonds. The number of nitriles is 1. The molecule has 1 heterocycles. The fourth-order valence-electron chi connectivity index (χ4n) is 3.72. The molecule has 0 unspecified atom stereocenters. The summed E-state index contributed by atoms with van der Waals surface area (Å²) in [6.07, 6.45) is 2.48. The number of likely N-dealkylation sites (N-methyl/N-ethyl adjacent to an activating group) is 1. The van der Waals surface area contributed by atoms with Gasteiger partial charge in [-0.25, -0.2) is 4.98 Å². The fourth-order valence-corrected chi connectivity index (χ4v) is 3.72. The van der Waals surface area contributed by atoms with Crippen molar-refractivity contribution in [3.05, 3.63) is 53.3 Å². The summed E-state index contributed by atoms with van der Waals surface area (Å²) in [4.78, 5) is 14.9. The second-order valence-electron chi connectivity index (χ2n) is 8.73. The van der Waals surface area contributed by atoms with Crippen LogP contribution in [0.4, 0.5) is 0 Å². The highest BCUT2D eigenvalue weighted by atomic mass is 16.5. The third-order valence-electron chi connectivity index (χ3n) is 5.41. The second-order valence-corrected chi connectivity index (χ2v) is 8.73. The molecule has 0 bridgehead atoms. The van der Waals surface area contributed by atoms with Gasteiger partial charge in [0.15, 0.2) is 11.4 Å². The quantitative estimate of drug-likeness (QED) is 0.332. The number of aryl methyl sites for hydroxylation is 2. The maximum atomic E-state index is 10.7. The lowest BCUT2D eigenvalue weighted by molar-refractivity contribution is -0.893. The van der Waals surface area contributed by atoms with Crippen molar-refractivity contribution in [3.63, 3.8) is 0 Å². The van der Waals surface area contributed by atoms with Crippen molar-refractivity contribution in [2.45, 2.75) is 38.2 Å². The van der Waals surface area contributed by atoms with E-state index in [1.807, 2.05) is 24.3 Å². The minimum absolute atomic E-state index is 0.0493. The molecule has 1 aromatic heterocycles. The highest BCUT2D eigenvalue weighted by molar-refractivity contribution is 5.67. The SMILES string of the molecule is COc1ccccc1CCCC[N+](C)(C)C[C@@H](O)COc1ccc(CCC(=O)O)nc1C#N. The Balaban J connectivity index is 1.79. The number of ether oxygens (including phenoxy) is 2. The molecular weight excluding hydrogens is 422 g/mol. The third-order valence-corrected chi connectivity index (χ3v) is 5.41. The molecular formula is C25H34N3O5+. The topological polar surface area (TPSA) is 113 Å². The number of carboxylic acids is 1. The predicted molar refractivity (Wildman–Crippen MR) is 124 cm³/mol. The number of rotatable bonds is 14. The van der Waals surface area contributed by atoms with E-state index in [-0.39, 0.29) is 30.9 Å². The van der Waals surface area contributed by atoms with Gasteiger partial charge in [-0.05, 0) is 43.0 Å². The largest absolute Gasteiger partial charge is 0.496 e. The lowest BCUT2D eigenvalue weighted by Gasteiger charge is -2.32. The maximum Gasteiger partial charge on any atom is 0.303 e. The number of aliphatic hydroxyl groups is 1. The van der Waals surface area contributed by atoms with Gasteiger partial charge in [-0.3, -0.25) is 4.79 Å². The summed E-state index contributed by atoms with van der Waals surface area (Å²) in [7, 11) is 5.84. The van der Waals surface area contributed by atoms with Crippen LogP contribution in [-0.2, 0) is 17.6 Å². The lowest BCUT2D eigenvalue weighted by atomic mass is 10.1. The number of benzene rings is 1. The molecule has 0 aliphatic carbocycles. The number of aromatic nitrogens is 1. The minimum atomic E-state index is -0.917. The van der Waals surface area contributed by atoms with Crippen LogP contribution in [0.5, 0.6) is 11.5 Å². The third kappa shape index (κ3) is 9.08. The number of nitrogens with zero attached hydrogens (tertiary/aromatic N) is 3. The lowest BCUT2D eigenvalue weighted by Crippen LogP contribution is -2.47. The Labute approximate surface area is 195 Å². The normalized spacial score (nSPS) is 12.1. The number of unbranched alkanes of at least 4 members (excludes halogenated alkanes) is 1. The highest BCUT2D eigenvalue weighted by Crippen LogP contribution is 2.20. The van der Waals surface area contributed by atoms with E-state index < -0.39 is 12.1 Å². The Kier molecular flexibility index (Phi) is 10.1. The van der Waals surface area contributed by atoms with Gasteiger partial charge in [-0.1, -0.05) is 18.2 Å². The zero-order valence-corrected chi connectivity index (χ0v) is 19.7. The van der Waals surface area contributed by atoms with E-state index in [0.29, 0.717) is 16.7 Å². The summed E-state index contributed by atoms with van der Waals surface area (Å²) >= 11 is 0. The molecule has 8 heteroatoms. The van der Waals surface area contributed by atoms with Crippen LogP contribution < -0.4 is 9.47 Å². The van der Waals surface area contributed by atoms with Gasteiger partial charge < -0.3 is 24.2 Å². The smallest absolute Gasteiger partial charge is 0.303 e. The van der Waals surface area contributed by atoms with Gasteiger partial charge in [0.1, 0.15) is 31.1 Å². The number of carboxylic acid groups (broad SMARTS) is 1. The Bertz CT molecular complexity index is 955. The van der Waals surface area contributed by atoms with Gasteiger partial charge in [0.2, 0.25) is 0 Å². The molecule has 2 rings (SSSR count). The molecule has 0 spiro atoms. The number of pyridine rings is 1. The molecule has 0 radical (unpaired) electrons. The number of hydrogen-bond acceptors (Lipinski definition) is 6. The first-order valence-corrected chi connectivity index (χ1v) is 11.1. The van der Waals surface area contributed by atoms with Crippen molar-refractivity contribution in [3.8, 4) is 17.6 Å². The summed E-state index contributed by atoms with van der Waals surface area (Å²) in [5.41, 5.74) is 1.82. The van der Waals surface area contributed by atoms with Crippen LogP contribution in [0.3, 0.4) is 0 Å². The summed E-state index contributed by atoms with van der Waals surface area (Å²) in [5, 5.41) is 28.6. The maximum absolute atomic E-state index is 10.7. The van der Waals surface area contributed by atoms with Gasteiger partial charge in [-0.15, -0.1) is 0 Å². The van der Waals surface area contributed by atoms with E-state index in [0.717, 1.165) is 31.6 Å². The Morgan fingerprint density at radius 1 is 1.15 bits per heavy atom. The Morgan fingerprint density at radius 3 is 2.61 bits per heavy atom. The molecule has 2 aromatic rings. The number of quaternary nitrogens is 1. The fraction of sp³-hybridized carbons (Fsp3) is 0.480. The van der Waals surface area contributed by atoms with Gasteiger partial charge in [-0.2, -0.15) is 5.26 Å². The van der Waals surface area contributed by atoms with Crippen LogP contribution in [0.2, 0.25) is 0 Å². The molecule has 0 saturated carbocycles. The number of carbonyl (C=O) groups is 1.